The molecule has 17 aromatic rings. The van der Waals surface area contributed by atoms with Crippen LogP contribution in [0.2, 0.25) is 0 Å². The number of benzene rings is 15. The third kappa shape index (κ3) is 7.65. The van der Waals surface area contributed by atoms with E-state index in [4.69, 9.17) is 0 Å². The predicted octanol–water partition coefficient (Wildman–Crippen LogP) is 22.5. The summed E-state index contributed by atoms with van der Waals surface area (Å²) in [5.74, 6) is 0. The zero-order chi connectivity index (χ0) is 55.2. The molecule has 0 fully saturated rings. The van der Waals surface area contributed by atoms with Crippen LogP contribution in [0.25, 0.3) is 165 Å². The third-order valence-electron chi connectivity index (χ3n) is 17.7. The van der Waals surface area contributed by atoms with Gasteiger partial charge in [0.05, 0.1) is 22.1 Å². The van der Waals surface area contributed by atoms with Crippen LogP contribution >= 0.6 is 0 Å². The van der Waals surface area contributed by atoms with E-state index in [9.17, 15) is 0 Å². The van der Waals surface area contributed by atoms with Crippen molar-refractivity contribution in [2.24, 2.45) is 0 Å². The molecule has 0 aliphatic heterocycles. The fourth-order valence-corrected chi connectivity index (χ4v) is 13.8. The van der Waals surface area contributed by atoms with E-state index in [1.807, 2.05) is 0 Å². The molecule has 0 atom stereocenters. The fraction of sp³-hybridized carbons (Fsp3) is 0. The lowest BCUT2D eigenvalue weighted by molar-refractivity contribution is 1.18. The smallest absolute Gasteiger partial charge is 0.0541 e. The second-order valence-electron chi connectivity index (χ2n) is 22.3. The predicted molar refractivity (Wildman–Crippen MR) is 358 cm³/mol. The van der Waals surface area contributed by atoms with Crippen LogP contribution in [0.5, 0.6) is 0 Å². The molecule has 0 unspecified atom stereocenters. The van der Waals surface area contributed by atoms with Crippen molar-refractivity contribution >= 4 is 86.7 Å². The molecule has 0 spiro atoms. The minimum atomic E-state index is 1.15. The van der Waals surface area contributed by atoms with Crippen molar-refractivity contribution < 1.29 is 0 Å². The van der Waals surface area contributed by atoms with Gasteiger partial charge in [-0.3, -0.25) is 0 Å². The Balaban J connectivity index is 0.868. The summed E-state index contributed by atoms with van der Waals surface area (Å²) < 4.78 is 4.85. The van der Waals surface area contributed by atoms with Gasteiger partial charge in [-0.25, -0.2) is 0 Å². The van der Waals surface area contributed by atoms with Crippen LogP contribution in [0, 0.1) is 0 Å². The number of para-hydroxylation sites is 2. The van der Waals surface area contributed by atoms with E-state index in [0.717, 1.165) is 11.4 Å². The first-order chi connectivity index (χ1) is 41.7. The highest BCUT2D eigenvalue weighted by molar-refractivity contribution is 6.23. The van der Waals surface area contributed by atoms with Gasteiger partial charge in [-0.15, -0.1) is 0 Å². The van der Waals surface area contributed by atoms with E-state index in [2.05, 4.69) is 325 Å². The maximum absolute atomic E-state index is 2.46. The monoisotopic (exact) mass is 1060 g/mol. The first-order valence-corrected chi connectivity index (χ1v) is 29.1. The maximum Gasteiger partial charge on any atom is 0.0541 e. The Hall–Kier alpha value is -11.1. The molecule has 2 heterocycles. The molecule has 0 bridgehead atoms. The van der Waals surface area contributed by atoms with Crippen LogP contribution in [0.3, 0.4) is 0 Å². The lowest BCUT2D eigenvalue weighted by Crippen LogP contribution is -1.94. The second-order valence-corrected chi connectivity index (χ2v) is 22.3. The van der Waals surface area contributed by atoms with Gasteiger partial charge >= 0.3 is 0 Å². The molecule has 15 aromatic carbocycles. The molecule has 390 valence electrons. The van der Waals surface area contributed by atoms with Gasteiger partial charge in [-0.2, -0.15) is 0 Å². The molecule has 84 heavy (non-hydrogen) atoms. The molecule has 2 heteroatoms. The molecule has 0 saturated carbocycles. The number of hydrogen-bond donors (Lipinski definition) is 0. The first kappa shape index (κ1) is 47.7. The number of rotatable bonds is 8. The number of aromatic nitrogens is 2. The summed E-state index contributed by atoms with van der Waals surface area (Å²) in [5, 5.41) is 14.8. The summed E-state index contributed by atoms with van der Waals surface area (Å²) in [7, 11) is 0. The summed E-state index contributed by atoms with van der Waals surface area (Å²) in [5.41, 5.74) is 21.5. The van der Waals surface area contributed by atoms with Gasteiger partial charge in [0.15, 0.2) is 0 Å². The highest BCUT2D eigenvalue weighted by Gasteiger charge is 2.22. The van der Waals surface area contributed by atoms with E-state index < -0.39 is 0 Å². The normalized spacial score (nSPS) is 11.8. The summed E-state index contributed by atoms with van der Waals surface area (Å²) in [6, 6.07) is 117. The average molecular weight is 1070 g/mol. The average Bonchev–Trinajstić information content (AvgIpc) is 2.40. The number of nitrogens with zero attached hydrogens (tertiary/aromatic N) is 2. The van der Waals surface area contributed by atoms with Crippen molar-refractivity contribution in [3.05, 3.63) is 315 Å². The molecule has 0 aliphatic carbocycles. The Labute approximate surface area is 486 Å². The van der Waals surface area contributed by atoms with Crippen LogP contribution in [0.4, 0.5) is 0 Å². The number of fused-ring (bicyclic) bond motifs is 10. The van der Waals surface area contributed by atoms with Crippen molar-refractivity contribution in [3.63, 3.8) is 0 Å². The lowest BCUT2D eigenvalue weighted by atomic mass is 9.84. The highest BCUT2D eigenvalue weighted by atomic mass is 15.0. The lowest BCUT2D eigenvalue weighted by Gasteiger charge is -2.20. The van der Waals surface area contributed by atoms with Gasteiger partial charge < -0.3 is 9.13 Å². The Bertz CT molecular complexity index is 5110. The second kappa shape index (κ2) is 19.3. The maximum atomic E-state index is 2.46. The number of hydrogen-bond acceptors (Lipinski definition) is 0. The van der Waals surface area contributed by atoms with Gasteiger partial charge in [-0.1, -0.05) is 231 Å². The standard InChI is InChI=1S/C82H52N2/c1-5-21-55(22-6-1)81-69-41-35-58(60-38-44-78-72(48-60)74-52-62(68-34-18-26-54-20-14-16-32-66(54)68)40-46-80(74)84(78)64-29-11-4-12-30-64)50-76(69)82(56-23-7-2-8-24-56)70-42-36-57(49-75(70)81)59-37-43-77-71(47-59)73-51-61(67-33-17-25-53-19-13-15-31-65(53)67)39-45-79(73)83(77)63-27-9-3-10-28-63/h1-52H. The van der Waals surface area contributed by atoms with Crippen molar-refractivity contribution in [1.29, 1.82) is 0 Å². The fourth-order valence-electron chi connectivity index (χ4n) is 13.8. The van der Waals surface area contributed by atoms with Crippen LogP contribution in [-0.4, -0.2) is 9.13 Å². The molecule has 17 rings (SSSR count). The van der Waals surface area contributed by atoms with Crippen LogP contribution in [-0.2, 0) is 0 Å². The van der Waals surface area contributed by atoms with Crippen molar-refractivity contribution in [2.45, 2.75) is 0 Å². The molecular weight excluding hydrogens is 1010 g/mol. The Morgan fingerprint density at radius 3 is 0.857 bits per heavy atom. The van der Waals surface area contributed by atoms with Crippen LogP contribution in [0.15, 0.2) is 315 Å². The van der Waals surface area contributed by atoms with E-state index in [0.29, 0.717) is 0 Å². The highest BCUT2D eigenvalue weighted by Crippen LogP contribution is 2.48. The van der Waals surface area contributed by atoms with Crippen LogP contribution < -0.4 is 0 Å². The first-order valence-electron chi connectivity index (χ1n) is 29.1. The minimum Gasteiger partial charge on any atom is -0.309 e. The van der Waals surface area contributed by atoms with E-state index in [-0.39, 0.29) is 0 Å². The SMILES string of the molecule is c1ccc(-c2c3ccc(-c4ccc5c(c4)c4cc(-c6cccc7ccccc67)ccc4n5-c4ccccc4)cc3c(-c3ccccc3)c3ccc(-c4ccc5c(c4)c4cc(-c6cccc7ccccc67)ccc4n5-c4ccccc4)cc23)cc1. The molecule has 0 amide bonds. The largest absolute Gasteiger partial charge is 0.309 e. The molecule has 0 N–H and O–H groups in total. The summed E-state index contributed by atoms with van der Waals surface area (Å²) >= 11 is 0. The molecule has 2 nitrogen and oxygen atoms in total. The minimum absolute atomic E-state index is 1.15. The van der Waals surface area contributed by atoms with Gasteiger partial charge in [0.25, 0.3) is 0 Å². The Kier molecular flexibility index (Phi) is 11.0. The summed E-state index contributed by atoms with van der Waals surface area (Å²) in [6.07, 6.45) is 0. The summed E-state index contributed by atoms with van der Waals surface area (Å²) in [4.78, 5) is 0. The van der Waals surface area contributed by atoms with Crippen molar-refractivity contribution in [3.8, 4) is 78.1 Å². The van der Waals surface area contributed by atoms with Gasteiger partial charge in [0.2, 0.25) is 0 Å². The Morgan fingerprint density at radius 1 is 0.167 bits per heavy atom. The van der Waals surface area contributed by atoms with Crippen molar-refractivity contribution in [2.75, 3.05) is 0 Å². The summed E-state index contributed by atoms with van der Waals surface area (Å²) in [6.45, 7) is 0. The van der Waals surface area contributed by atoms with Gasteiger partial charge in [-0.05, 0) is 195 Å². The quantitative estimate of drug-likeness (QED) is 0.134. The molecule has 0 radical (unpaired) electrons. The van der Waals surface area contributed by atoms with E-state index in [1.165, 1.54) is 153 Å². The Morgan fingerprint density at radius 2 is 0.464 bits per heavy atom. The van der Waals surface area contributed by atoms with Crippen LogP contribution in [0.1, 0.15) is 0 Å². The third-order valence-corrected chi connectivity index (χ3v) is 17.7. The van der Waals surface area contributed by atoms with Gasteiger partial charge in [0, 0.05) is 32.9 Å². The zero-order valence-corrected chi connectivity index (χ0v) is 45.9. The molecule has 0 saturated heterocycles. The van der Waals surface area contributed by atoms with E-state index >= 15 is 0 Å². The topological polar surface area (TPSA) is 9.86 Å². The molecule has 2 aromatic heterocycles. The van der Waals surface area contributed by atoms with Gasteiger partial charge in [0.1, 0.15) is 0 Å². The van der Waals surface area contributed by atoms with E-state index in [1.54, 1.807) is 0 Å². The molecule has 0 aliphatic rings. The van der Waals surface area contributed by atoms with Crippen molar-refractivity contribution in [1.82, 2.24) is 9.13 Å². The zero-order valence-electron chi connectivity index (χ0n) is 45.9. The molecular formula is C82H52N2.